The minimum absolute atomic E-state index is 0.293. The summed E-state index contributed by atoms with van der Waals surface area (Å²) in [6.07, 6.45) is 1.79. The van der Waals surface area contributed by atoms with Gasteiger partial charge < -0.3 is 0 Å². The van der Waals surface area contributed by atoms with Crippen LogP contribution in [-0.2, 0) is 10.8 Å². The Bertz CT molecular complexity index is 3080. The van der Waals surface area contributed by atoms with Crippen LogP contribution >= 0.6 is 0 Å². The second-order valence-electron chi connectivity index (χ2n) is 16.3. The second-order valence-corrected chi connectivity index (χ2v) is 16.3. The lowest BCUT2D eigenvalue weighted by molar-refractivity contribution is 0.111. The zero-order valence-corrected chi connectivity index (χ0v) is 39.7. The van der Waals surface area contributed by atoms with Crippen molar-refractivity contribution in [3.05, 3.63) is 274 Å². The van der Waals surface area contributed by atoms with Gasteiger partial charge in [0.1, 0.15) is 12.6 Å². The minimum atomic E-state index is -0.387. The monoisotopic (exact) mass is 870 g/mol. The number of fused-ring (bicyclic) bond motifs is 13. The van der Waals surface area contributed by atoms with Crippen LogP contribution in [0.1, 0.15) is 112 Å². The number of hydrogen-bond acceptors (Lipinski definition) is 2. The maximum Gasteiger partial charge on any atom is 0.150 e. The molecule has 330 valence electrons. The summed E-state index contributed by atoms with van der Waals surface area (Å²) in [6.45, 7) is 14.1. The molecule has 67 heavy (non-hydrogen) atoms. The zero-order chi connectivity index (χ0) is 47.1. The SMILES string of the molecule is CC.CC.CC.Cc1ccc(C2(c3ccc(C=O)cc3)c3ccccc3-c3ccccc32)cc1.O=Cc1ccc(-c2ccc3c(c2)-c2ccccc2C32c3ccccc3-c3ccccc32)cc1. The van der Waals surface area contributed by atoms with Crippen LogP contribution in [0.3, 0.4) is 0 Å². The molecule has 0 radical (unpaired) electrons. The van der Waals surface area contributed by atoms with Gasteiger partial charge in [-0.3, -0.25) is 9.59 Å². The van der Waals surface area contributed by atoms with E-state index in [1.807, 2.05) is 77.9 Å². The van der Waals surface area contributed by atoms with E-state index >= 15 is 0 Å². The van der Waals surface area contributed by atoms with Gasteiger partial charge in [0, 0.05) is 11.1 Å². The number of aryl methyl sites for hydroxylation is 1. The number of carbonyl (C=O) groups excluding carboxylic acids is 2. The van der Waals surface area contributed by atoms with Crippen molar-refractivity contribution >= 4 is 12.6 Å². The van der Waals surface area contributed by atoms with Crippen molar-refractivity contribution in [2.45, 2.75) is 59.3 Å². The number of rotatable bonds is 5. The number of aldehydes is 2. The largest absolute Gasteiger partial charge is 0.298 e. The highest BCUT2D eigenvalue weighted by Crippen LogP contribution is 2.63. The fraction of sp³-hybridized carbons (Fsp3) is 0.138. The van der Waals surface area contributed by atoms with Gasteiger partial charge in [0.15, 0.2) is 0 Å². The van der Waals surface area contributed by atoms with Crippen molar-refractivity contribution in [2.24, 2.45) is 0 Å². The first kappa shape index (κ1) is 45.9. The maximum absolute atomic E-state index is 11.2. The number of hydrogen-bond donors (Lipinski definition) is 0. The van der Waals surface area contributed by atoms with Crippen LogP contribution in [0.4, 0.5) is 0 Å². The highest BCUT2D eigenvalue weighted by molar-refractivity contribution is 5.96. The fourth-order valence-corrected chi connectivity index (χ4v) is 10.7. The van der Waals surface area contributed by atoms with E-state index in [9.17, 15) is 9.59 Å². The van der Waals surface area contributed by atoms with Crippen LogP contribution in [0.15, 0.2) is 212 Å². The van der Waals surface area contributed by atoms with Gasteiger partial charge in [-0.2, -0.15) is 0 Å². The lowest BCUT2D eigenvalue weighted by atomic mass is 9.67. The Kier molecular flexibility index (Phi) is 13.6. The molecule has 0 heterocycles. The van der Waals surface area contributed by atoms with Crippen LogP contribution in [0.25, 0.3) is 44.5 Å². The van der Waals surface area contributed by atoms with Crippen LogP contribution in [0, 0.1) is 6.92 Å². The summed E-state index contributed by atoms with van der Waals surface area (Å²) in [6, 6.07) is 75.5. The van der Waals surface area contributed by atoms with E-state index in [0.29, 0.717) is 11.1 Å². The normalized spacial score (nSPS) is 12.8. The summed E-state index contributed by atoms with van der Waals surface area (Å²) in [5.74, 6) is 0. The van der Waals surface area contributed by atoms with Crippen molar-refractivity contribution in [3.63, 3.8) is 0 Å². The quantitative estimate of drug-likeness (QED) is 0.162. The third-order valence-corrected chi connectivity index (χ3v) is 13.3. The molecule has 1 spiro atoms. The first-order valence-electron chi connectivity index (χ1n) is 23.9. The number of benzene rings is 9. The van der Waals surface area contributed by atoms with Gasteiger partial charge in [0.2, 0.25) is 0 Å². The minimum Gasteiger partial charge on any atom is -0.298 e. The van der Waals surface area contributed by atoms with E-state index in [1.165, 1.54) is 83.5 Å². The summed E-state index contributed by atoms with van der Waals surface area (Å²) in [5, 5.41) is 0. The summed E-state index contributed by atoms with van der Waals surface area (Å²) >= 11 is 0. The molecule has 0 unspecified atom stereocenters. The van der Waals surface area contributed by atoms with Crippen LogP contribution in [0.5, 0.6) is 0 Å². The highest BCUT2D eigenvalue weighted by atomic mass is 16.1. The third kappa shape index (κ3) is 7.38. The molecule has 9 aromatic carbocycles. The number of carbonyl (C=O) groups is 2. The summed E-state index contributed by atoms with van der Waals surface area (Å²) in [4.78, 5) is 22.3. The van der Waals surface area contributed by atoms with E-state index in [2.05, 4.69) is 183 Å². The molecule has 0 fully saturated rings. The van der Waals surface area contributed by atoms with Gasteiger partial charge in [-0.05, 0) is 102 Å². The van der Waals surface area contributed by atoms with Gasteiger partial charge in [0.05, 0.1) is 10.8 Å². The van der Waals surface area contributed by atoms with Crippen LogP contribution in [-0.4, -0.2) is 12.6 Å². The topological polar surface area (TPSA) is 34.1 Å². The van der Waals surface area contributed by atoms with Gasteiger partial charge in [-0.25, -0.2) is 0 Å². The lowest BCUT2D eigenvalue weighted by Gasteiger charge is -2.34. The lowest BCUT2D eigenvalue weighted by Crippen LogP contribution is -2.28. The molecule has 0 bridgehead atoms. The standard InChI is InChI=1S/C32H20O.C27H20O.3C2H6/c33-20-21-13-15-22(16-14-21)23-17-18-31-27(19-23)26-9-3-6-12-30(26)32(31)28-10-4-1-7-24(28)25-8-2-5-11-29(25)32;1-19-10-14-21(15-11-19)27(22-16-12-20(18-28)13-17-22)25-8-4-2-6-23(25)24-7-3-5-9-26(24)27;3*1-2/h1-20H;2-18H,1H3;3*1-2H3. The van der Waals surface area contributed by atoms with Crippen molar-refractivity contribution < 1.29 is 9.59 Å². The first-order valence-corrected chi connectivity index (χ1v) is 23.9. The molecule has 2 heteroatoms. The predicted molar refractivity (Wildman–Crippen MR) is 281 cm³/mol. The summed E-state index contributed by atoms with van der Waals surface area (Å²) in [5.41, 5.74) is 22.4. The Labute approximate surface area is 397 Å². The Morgan fingerprint density at radius 1 is 0.299 bits per heavy atom. The molecule has 0 aromatic heterocycles. The molecule has 3 aliphatic rings. The smallest absolute Gasteiger partial charge is 0.150 e. The first-order chi connectivity index (χ1) is 33.1. The van der Waals surface area contributed by atoms with E-state index in [0.717, 1.165) is 23.7 Å². The Hall–Kier alpha value is -7.68. The second kappa shape index (κ2) is 19.8. The van der Waals surface area contributed by atoms with E-state index < -0.39 is 0 Å². The molecular weight excluding hydrogens is 813 g/mol. The summed E-state index contributed by atoms with van der Waals surface area (Å²) < 4.78 is 0. The van der Waals surface area contributed by atoms with E-state index in [-0.39, 0.29) is 10.8 Å². The molecule has 0 saturated heterocycles. The molecule has 0 N–H and O–H groups in total. The van der Waals surface area contributed by atoms with Crippen molar-refractivity contribution in [1.29, 1.82) is 0 Å². The average Bonchev–Trinajstić information content (AvgIpc) is 4.01. The summed E-state index contributed by atoms with van der Waals surface area (Å²) in [7, 11) is 0. The van der Waals surface area contributed by atoms with E-state index in [4.69, 9.17) is 0 Å². The van der Waals surface area contributed by atoms with Crippen molar-refractivity contribution in [3.8, 4) is 44.5 Å². The third-order valence-electron chi connectivity index (χ3n) is 13.3. The average molecular weight is 871 g/mol. The molecule has 12 rings (SSSR count). The molecule has 9 aromatic rings. The Balaban J connectivity index is 0.000000166. The fourth-order valence-electron chi connectivity index (χ4n) is 10.7. The molecule has 2 nitrogen and oxygen atoms in total. The molecule has 3 aliphatic carbocycles. The van der Waals surface area contributed by atoms with Crippen LogP contribution < -0.4 is 0 Å². The predicted octanol–water partition coefficient (Wildman–Crippen LogP) is 16.8. The highest BCUT2D eigenvalue weighted by Gasteiger charge is 2.51. The van der Waals surface area contributed by atoms with E-state index in [1.54, 1.807) is 0 Å². The van der Waals surface area contributed by atoms with Gasteiger partial charge in [0.25, 0.3) is 0 Å². The van der Waals surface area contributed by atoms with Crippen molar-refractivity contribution in [1.82, 2.24) is 0 Å². The molecule has 0 amide bonds. The Morgan fingerprint density at radius 3 is 0.985 bits per heavy atom. The molecular formula is C65H58O2. The van der Waals surface area contributed by atoms with Gasteiger partial charge in [-0.1, -0.05) is 253 Å². The molecule has 0 atom stereocenters. The zero-order valence-electron chi connectivity index (χ0n) is 39.7. The van der Waals surface area contributed by atoms with Gasteiger partial charge >= 0.3 is 0 Å². The molecule has 0 aliphatic heterocycles. The van der Waals surface area contributed by atoms with Crippen LogP contribution in [0.2, 0.25) is 0 Å². The van der Waals surface area contributed by atoms with Crippen molar-refractivity contribution in [2.75, 3.05) is 0 Å². The maximum atomic E-state index is 11.2. The Morgan fingerprint density at radius 2 is 0.597 bits per heavy atom. The van der Waals surface area contributed by atoms with Gasteiger partial charge in [-0.15, -0.1) is 0 Å². The molecule has 0 saturated carbocycles.